The minimum atomic E-state index is -0.371. The Kier molecular flexibility index (Phi) is 5.93. The summed E-state index contributed by atoms with van der Waals surface area (Å²) in [6.07, 6.45) is 2.21. The molecule has 2 atom stereocenters. The van der Waals surface area contributed by atoms with Gasteiger partial charge in [-0.15, -0.1) is 0 Å². The molecule has 1 aromatic rings. The van der Waals surface area contributed by atoms with E-state index in [4.69, 9.17) is 11.6 Å². The van der Waals surface area contributed by atoms with E-state index in [0.717, 1.165) is 24.9 Å². The summed E-state index contributed by atoms with van der Waals surface area (Å²) in [5, 5.41) is 13.3. The largest absolute Gasteiger partial charge is 0.393 e. The van der Waals surface area contributed by atoms with E-state index >= 15 is 0 Å². The van der Waals surface area contributed by atoms with Gasteiger partial charge in [-0.25, -0.2) is 4.79 Å². The molecule has 1 aromatic carbocycles. The molecular weight excluding hydrogens is 312 g/mol. The van der Waals surface area contributed by atoms with E-state index in [1.807, 2.05) is 29.2 Å². The van der Waals surface area contributed by atoms with Crippen LogP contribution >= 0.6 is 11.6 Å². The highest BCUT2D eigenvalue weighted by Crippen LogP contribution is 2.35. The second-order valence-electron chi connectivity index (χ2n) is 7.25. The van der Waals surface area contributed by atoms with Crippen LogP contribution in [0, 0.1) is 5.41 Å². The number of aliphatic hydroxyl groups is 1. The fourth-order valence-corrected chi connectivity index (χ4v) is 3.63. The topological polar surface area (TPSA) is 52.6 Å². The summed E-state index contributed by atoms with van der Waals surface area (Å²) >= 11 is 6.30. The molecule has 5 heteroatoms. The molecule has 2 N–H and O–H groups in total. The molecule has 2 unspecified atom stereocenters. The van der Waals surface area contributed by atoms with Gasteiger partial charge in [0.15, 0.2) is 0 Å². The summed E-state index contributed by atoms with van der Waals surface area (Å²) in [5.41, 5.74) is 0.883. The Bertz CT molecular complexity index is 546. The average Bonchev–Trinajstić information content (AvgIpc) is 2.93. The Balaban J connectivity index is 2.00. The number of amides is 2. The van der Waals surface area contributed by atoms with Gasteiger partial charge >= 0.3 is 6.03 Å². The molecule has 128 valence electrons. The van der Waals surface area contributed by atoms with Crippen LogP contribution in [0.4, 0.5) is 4.79 Å². The molecule has 0 aliphatic carbocycles. The SMILES string of the molecule is CC(O)CC(C)(C)CNC(=O)N1CCCC1c1ccccc1Cl. The molecule has 1 fully saturated rings. The molecule has 2 rings (SSSR count). The average molecular weight is 339 g/mol. The smallest absolute Gasteiger partial charge is 0.317 e. The molecular formula is C18H27ClN2O2. The number of nitrogens with one attached hydrogen (secondary N) is 1. The predicted octanol–water partition coefficient (Wildman–Crippen LogP) is 3.98. The van der Waals surface area contributed by atoms with Gasteiger partial charge in [0.2, 0.25) is 0 Å². The highest BCUT2D eigenvalue weighted by molar-refractivity contribution is 6.31. The number of aliphatic hydroxyl groups excluding tert-OH is 1. The van der Waals surface area contributed by atoms with Gasteiger partial charge < -0.3 is 15.3 Å². The number of nitrogens with zero attached hydrogens (tertiary/aromatic N) is 1. The number of hydrogen-bond acceptors (Lipinski definition) is 2. The Morgan fingerprint density at radius 2 is 2.17 bits per heavy atom. The van der Waals surface area contributed by atoms with Crippen molar-refractivity contribution in [1.82, 2.24) is 10.2 Å². The van der Waals surface area contributed by atoms with Gasteiger partial charge in [-0.2, -0.15) is 0 Å². The summed E-state index contributed by atoms with van der Waals surface area (Å²) in [7, 11) is 0. The highest BCUT2D eigenvalue weighted by atomic mass is 35.5. The van der Waals surface area contributed by atoms with Gasteiger partial charge in [-0.3, -0.25) is 0 Å². The molecule has 1 aliphatic heterocycles. The van der Waals surface area contributed by atoms with Crippen LogP contribution in [-0.2, 0) is 0 Å². The van der Waals surface area contributed by atoms with Gasteiger partial charge in [0, 0.05) is 18.1 Å². The van der Waals surface area contributed by atoms with E-state index < -0.39 is 0 Å². The van der Waals surface area contributed by atoms with Crippen molar-refractivity contribution in [2.75, 3.05) is 13.1 Å². The normalized spacial score (nSPS) is 19.7. The van der Waals surface area contributed by atoms with E-state index in [0.29, 0.717) is 18.0 Å². The third kappa shape index (κ3) is 4.85. The van der Waals surface area contributed by atoms with Crippen LogP contribution in [0.2, 0.25) is 5.02 Å². The molecule has 2 amide bonds. The van der Waals surface area contributed by atoms with E-state index in [9.17, 15) is 9.90 Å². The molecule has 0 spiro atoms. The maximum atomic E-state index is 12.6. The lowest BCUT2D eigenvalue weighted by Crippen LogP contribution is -2.43. The number of carbonyl (C=O) groups is 1. The number of likely N-dealkylation sites (tertiary alicyclic amines) is 1. The van der Waals surface area contributed by atoms with Crippen LogP contribution in [0.25, 0.3) is 0 Å². The summed E-state index contributed by atoms with van der Waals surface area (Å²) in [6, 6.07) is 7.73. The zero-order chi connectivity index (χ0) is 17.0. The summed E-state index contributed by atoms with van der Waals surface area (Å²) < 4.78 is 0. The lowest BCUT2D eigenvalue weighted by molar-refractivity contribution is 0.126. The van der Waals surface area contributed by atoms with E-state index in [1.165, 1.54) is 0 Å². The number of halogens is 1. The number of hydrogen-bond donors (Lipinski definition) is 2. The third-order valence-corrected chi connectivity index (χ3v) is 4.69. The quantitative estimate of drug-likeness (QED) is 0.853. The van der Waals surface area contributed by atoms with Crippen molar-refractivity contribution in [2.24, 2.45) is 5.41 Å². The number of urea groups is 1. The second kappa shape index (κ2) is 7.54. The second-order valence-corrected chi connectivity index (χ2v) is 7.66. The Hall–Kier alpha value is -1.26. The lowest BCUT2D eigenvalue weighted by atomic mass is 9.87. The molecule has 0 saturated carbocycles. The van der Waals surface area contributed by atoms with Crippen molar-refractivity contribution in [3.8, 4) is 0 Å². The van der Waals surface area contributed by atoms with Crippen LogP contribution < -0.4 is 5.32 Å². The first kappa shape index (κ1) is 18.1. The van der Waals surface area contributed by atoms with Crippen LogP contribution in [0.15, 0.2) is 24.3 Å². The Morgan fingerprint density at radius 1 is 1.48 bits per heavy atom. The number of carbonyl (C=O) groups excluding carboxylic acids is 1. The number of benzene rings is 1. The molecule has 1 heterocycles. The van der Waals surface area contributed by atoms with E-state index in [-0.39, 0.29) is 23.6 Å². The predicted molar refractivity (Wildman–Crippen MR) is 93.6 cm³/mol. The molecule has 0 bridgehead atoms. The monoisotopic (exact) mass is 338 g/mol. The van der Waals surface area contributed by atoms with Crippen LogP contribution in [-0.4, -0.2) is 35.2 Å². The van der Waals surface area contributed by atoms with Crippen molar-refractivity contribution in [2.45, 2.75) is 52.2 Å². The van der Waals surface area contributed by atoms with Crippen molar-refractivity contribution in [1.29, 1.82) is 0 Å². The van der Waals surface area contributed by atoms with Gasteiger partial charge in [0.05, 0.1) is 12.1 Å². The summed E-state index contributed by atoms with van der Waals surface area (Å²) in [4.78, 5) is 14.5. The fraction of sp³-hybridized carbons (Fsp3) is 0.611. The highest BCUT2D eigenvalue weighted by Gasteiger charge is 2.32. The molecule has 1 saturated heterocycles. The minimum Gasteiger partial charge on any atom is -0.393 e. The Morgan fingerprint density at radius 3 is 2.83 bits per heavy atom. The van der Waals surface area contributed by atoms with Crippen LogP contribution in [0.1, 0.15) is 51.6 Å². The number of rotatable bonds is 5. The molecule has 0 aromatic heterocycles. The van der Waals surface area contributed by atoms with E-state index in [2.05, 4.69) is 19.2 Å². The molecule has 23 heavy (non-hydrogen) atoms. The maximum Gasteiger partial charge on any atom is 0.317 e. The van der Waals surface area contributed by atoms with Crippen molar-refractivity contribution < 1.29 is 9.90 Å². The van der Waals surface area contributed by atoms with E-state index in [1.54, 1.807) is 6.92 Å². The summed E-state index contributed by atoms with van der Waals surface area (Å²) in [5.74, 6) is 0. The third-order valence-electron chi connectivity index (χ3n) is 4.34. The first-order valence-corrected chi connectivity index (χ1v) is 8.65. The maximum absolute atomic E-state index is 12.6. The minimum absolute atomic E-state index is 0.0450. The summed E-state index contributed by atoms with van der Waals surface area (Å²) in [6.45, 7) is 7.17. The van der Waals surface area contributed by atoms with Gasteiger partial charge in [0.1, 0.15) is 0 Å². The lowest BCUT2D eigenvalue weighted by Gasteiger charge is -2.30. The first-order valence-electron chi connectivity index (χ1n) is 8.27. The Labute approximate surface area is 143 Å². The van der Waals surface area contributed by atoms with Crippen molar-refractivity contribution >= 4 is 17.6 Å². The standard InChI is InChI=1S/C18H27ClN2O2/c1-13(22)11-18(2,3)12-20-17(23)21-10-6-9-16(21)14-7-4-5-8-15(14)19/h4-5,7-8,13,16,22H,6,9-12H2,1-3H3,(H,20,23). The first-order chi connectivity index (χ1) is 10.8. The zero-order valence-electron chi connectivity index (χ0n) is 14.2. The molecule has 0 radical (unpaired) electrons. The van der Waals surface area contributed by atoms with Crippen LogP contribution in [0.3, 0.4) is 0 Å². The van der Waals surface area contributed by atoms with Crippen molar-refractivity contribution in [3.05, 3.63) is 34.9 Å². The van der Waals surface area contributed by atoms with Gasteiger partial charge in [-0.05, 0) is 43.2 Å². The zero-order valence-corrected chi connectivity index (χ0v) is 14.9. The van der Waals surface area contributed by atoms with Gasteiger partial charge in [-0.1, -0.05) is 43.6 Å². The van der Waals surface area contributed by atoms with Crippen LogP contribution in [0.5, 0.6) is 0 Å². The van der Waals surface area contributed by atoms with Crippen molar-refractivity contribution in [3.63, 3.8) is 0 Å². The molecule has 4 nitrogen and oxygen atoms in total. The fourth-order valence-electron chi connectivity index (χ4n) is 3.37. The van der Waals surface area contributed by atoms with Gasteiger partial charge in [0.25, 0.3) is 0 Å². The molecule has 1 aliphatic rings.